The predicted molar refractivity (Wildman–Crippen MR) is 94.3 cm³/mol. The van der Waals surface area contributed by atoms with E-state index in [4.69, 9.17) is 25.6 Å². The molecule has 1 heterocycles. The lowest BCUT2D eigenvalue weighted by Gasteiger charge is -2.50. The summed E-state index contributed by atoms with van der Waals surface area (Å²) in [7, 11) is -8.37. The van der Waals surface area contributed by atoms with Crippen molar-refractivity contribution in [2.75, 3.05) is 19.8 Å². The van der Waals surface area contributed by atoms with Crippen LogP contribution < -0.4 is 0 Å². The first kappa shape index (κ1) is 17.8. The van der Waals surface area contributed by atoms with Gasteiger partial charge in [0.25, 0.3) is 0 Å². The normalized spacial score (nSPS) is 43.1. The third kappa shape index (κ3) is 3.12. The van der Waals surface area contributed by atoms with Crippen LogP contribution in [-0.2, 0) is 25.6 Å². The van der Waals surface area contributed by atoms with Crippen molar-refractivity contribution >= 4 is 26.4 Å². The molecular formula is C15H30O6Si3. The molecule has 4 aliphatic rings. The molecule has 0 aromatic rings. The van der Waals surface area contributed by atoms with Crippen molar-refractivity contribution in [3.05, 3.63) is 0 Å². The fourth-order valence-electron chi connectivity index (χ4n) is 3.60. The molecule has 1 saturated heterocycles. The highest BCUT2D eigenvalue weighted by Gasteiger charge is 2.77. The van der Waals surface area contributed by atoms with Crippen molar-refractivity contribution in [1.29, 1.82) is 0 Å². The van der Waals surface area contributed by atoms with Gasteiger partial charge in [0.15, 0.2) is 0 Å². The summed E-state index contributed by atoms with van der Waals surface area (Å²) >= 11 is 0. The molecule has 4 rings (SSSR count). The molecule has 0 spiro atoms. The molecule has 0 aromatic carbocycles. The van der Waals surface area contributed by atoms with E-state index in [0.717, 1.165) is 38.5 Å². The van der Waals surface area contributed by atoms with Crippen LogP contribution in [0.3, 0.4) is 0 Å². The highest BCUT2D eigenvalue weighted by Crippen LogP contribution is 2.60. The molecule has 24 heavy (non-hydrogen) atoms. The monoisotopic (exact) mass is 390 g/mol. The lowest BCUT2D eigenvalue weighted by molar-refractivity contribution is 0.0136. The molecule has 0 aromatic heterocycles. The van der Waals surface area contributed by atoms with E-state index in [2.05, 4.69) is 0 Å². The Morgan fingerprint density at radius 1 is 0.583 bits per heavy atom. The van der Waals surface area contributed by atoms with Crippen molar-refractivity contribution < 1.29 is 25.6 Å². The average molecular weight is 391 g/mol. The Kier molecular flexibility index (Phi) is 4.85. The standard InChI is InChI=1S/C15H30O6Si3/c1-4-16-22(13-7-8-13)19-23(17-5-2,14-9-10-14)21-24(20-22,18-6-3)15-11-12-15/h13-15H,4-12H2,1-3H3. The topological polar surface area (TPSA) is 55.4 Å². The molecule has 0 radical (unpaired) electrons. The Hall–Kier alpha value is 0.411. The molecule has 4 fully saturated rings. The molecule has 138 valence electrons. The fraction of sp³-hybridized carbons (Fsp3) is 1.00. The van der Waals surface area contributed by atoms with Crippen LogP contribution in [0.15, 0.2) is 0 Å². The fourth-order valence-corrected chi connectivity index (χ4v) is 19.9. The maximum absolute atomic E-state index is 6.71. The van der Waals surface area contributed by atoms with E-state index in [0.29, 0.717) is 36.4 Å². The average Bonchev–Trinajstić information content (AvgIpc) is 3.44. The third-order valence-electron chi connectivity index (χ3n) is 5.12. The largest absolute Gasteiger partial charge is 0.489 e. The van der Waals surface area contributed by atoms with Gasteiger partial charge in [0.05, 0.1) is 0 Å². The van der Waals surface area contributed by atoms with Crippen molar-refractivity contribution in [1.82, 2.24) is 0 Å². The van der Waals surface area contributed by atoms with Gasteiger partial charge in [-0.2, -0.15) is 0 Å². The summed E-state index contributed by atoms with van der Waals surface area (Å²) in [6.07, 6.45) is 6.80. The Labute approximate surface area is 148 Å². The van der Waals surface area contributed by atoms with Gasteiger partial charge in [0.1, 0.15) is 0 Å². The number of rotatable bonds is 9. The number of hydrogen-bond acceptors (Lipinski definition) is 6. The van der Waals surface area contributed by atoms with E-state index in [1.165, 1.54) is 0 Å². The second kappa shape index (κ2) is 6.54. The molecule has 3 saturated carbocycles. The zero-order valence-electron chi connectivity index (χ0n) is 15.0. The van der Waals surface area contributed by atoms with Gasteiger partial charge in [0.2, 0.25) is 0 Å². The van der Waals surface area contributed by atoms with Crippen molar-refractivity contribution in [2.24, 2.45) is 0 Å². The zero-order valence-corrected chi connectivity index (χ0v) is 18.0. The maximum atomic E-state index is 6.71. The molecule has 0 amide bonds. The zero-order chi connectivity index (χ0) is 16.8. The van der Waals surface area contributed by atoms with Gasteiger partial charge >= 0.3 is 26.4 Å². The molecule has 1 aliphatic heterocycles. The molecule has 3 aliphatic carbocycles. The van der Waals surface area contributed by atoms with Crippen LogP contribution in [0.25, 0.3) is 0 Å². The summed E-state index contributed by atoms with van der Waals surface area (Å²) in [6.45, 7) is 7.94. The van der Waals surface area contributed by atoms with Crippen LogP contribution in [0, 0.1) is 0 Å². The minimum absolute atomic E-state index is 0.415. The Bertz CT molecular complexity index is 394. The van der Waals surface area contributed by atoms with Crippen LogP contribution in [0.1, 0.15) is 59.3 Å². The number of hydrogen-bond donors (Lipinski definition) is 0. The summed E-state index contributed by atoms with van der Waals surface area (Å²) in [5, 5.41) is 0. The van der Waals surface area contributed by atoms with E-state index >= 15 is 0 Å². The van der Waals surface area contributed by atoms with E-state index in [1.807, 2.05) is 20.8 Å². The summed E-state index contributed by atoms with van der Waals surface area (Å²) in [6, 6.07) is 0. The summed E-state index contributed by atoms with van der Waals surface area (Å²) in [5.74, 6) is 0. The lowest BCUT2D eigenvalue weighted by Crippen LogP contribution is -2.74. The predicted octanol–water partition coefficient (Wildman–Crippen LogP) is 3.47. The van der Waals surface area contributed by atoms with E-state index in [9.17, 15) is 0 Å². The van der Waals surface area contributed by atoms with Crippen LogP contribution in [0.4, 0.5) is 0 Å². The highest BCUT2D eigenvalue weighted by atomic mass is 28.5. The SMILES string of the molecule is CCO[Si]1(C2CC2)O[Si](OCC)(C2CC2)O[Si](OCC)(C2CC2)O1. The lowest BCUT2D eigenvalue weighted by atomic mass is 10.9. The molecule has 0 N–H and O–H groups in total. The van der Waals surface area contributed by atoms with Gasteiger partial charge in [0, 0.05) is 36.4 Å². The van der Waals surface area contributed by atoms with Crippen LogP contribution in [-0.4, -0.2) is 46.2 Å². The molecule has 0 unspecified atom stereocenters. The second-order valence-corrected chi connectivity index (χ2v) is 16.6. The molecular weight excluding hydrogens is 360 g/mol. The Morgan fingerprint density at radius 3 is 1.00 bits per heavy atom. The minimum Gasteiger partial charge on any atom is -0.374 e. The smallest absolute Gasteiger partial charge is 0.374 e. The van der Waals surface area contributed by atoms with Gasteiger partial charge in [-0.1, -0.05) is 0 Å². The second-order valence-electron chi connectivity index (χ2n) is 7.24. The van der Waals surface area contributed by atoms with Gasteiger partial charge in [-0.25, -0.2) is 0 Å². The molecule has 6 nitrogen and oxygen atoms in total. The van der Waals surface area contributed by atoms with Gasteiger partial charge in [-0.15, -0.1) is 0 Å². The van der Waals surface area contributed by atoms with Gasteiger partial charge < -0.3 is 25.6 Å². The summed E-state index contributed by atoms with van der Waals surface area (Å²) < 4.78 is 39.0. The van der Waals surface area contributed by atoms with E-state index < -0.39 is 26.4 Å². The first-order chi connectivity index (χ1) is 11.6. The third-order valence-corrected chi connectivity index (χ3v) is 18.8. The Morgan fingerprint density at radius 2 is 0.833 bits per heavy atom. The Balaban J connectivity index is 1.72. The van der Waals surface area contributed by atoms with Crippen molar-refractivity contribution in [3.63, 3.8) is 0 Å². The van der Waals surface area contributed by atoms with Crippen molar-refractivity contribution in [2.45, 2.75) is 75.9 Å². The van der Waals surface area contributed by atoms with Crippen molar-refractivity contribution in [3.8, 4) is 0 Å². The molecule has 9 heteroatoms. The minimum atomic E-state index is -2.79. The van der Waals surface area contributed by atoms with Crippen LogP contribution in [0.2, 0.25) is 16.6 Å². The molecule has 0 bridgehead atoms. The van der Waals surface area contributed by atoms with E-state index in [1.54, 1.807) is 0 Å². The summed E-state index contributed by atoms with van der Waals surface area (Å²) in [4.78, 5) is 0. The highest BCUT2D eigenvalue weighted by molar-refractivity contribution is 6.91. The van der Waals surface area contributed by atoms with Crippen LogP contribution in [0.5, 0.6) is 0 Å². The van der Waals surface area contributed by atoms with E-state index in [-0.39, 0.29) is 0 Å². The van der Waals surface area contributed by atoms with Gasteiger partial charge in [-0.3, -0.25) is 0 Å². The quantitative estimate of drug-likeness (QED) is 0.562. The van der Waals surface area contributed by atoms with Crippen LogP contribution >= 0.6 is 0 Å². The molecule has 0 atom stereocenters. The first-order valence-electron chi connectivity index (χ1n) is 9.64. The van der Waals surface area contributed by atoms with Gasteiger partial charge in [-0.05, 0) is 59.3 Å². The maximum Gasteiger partial charge on any atom is 0.489 e. The summed E-state index contributed by atoms with van der Waals surface area (Å²) in [5.41, 5.74) is 1.25. The first-order valence-corrected chi connectivity index (χ1v) is 15.0.